The van der Waals surface area contributed by atoms with E-state index in [0.717, 1.165) is 16.9 Å². The van der Waals surface area contributed by atoms with Gasteiger partial charge in [-0.15, -0.1) is 0 Å². The highest BCUT2D eigenvalue weighted by atomic mass is 16.5. The van der Waals surface area contributed by atoms with E-state index in [1.165, 1.54) is 6.92 Å². The van der Waals surface area contributed by atoms with Crippen molar-refractivity contribution in [3.8, 4) is 5.75 Å². The molecule has 0 saturated heterocycles. The lowest BCUT2D eigenvalue weighted by molar-refractivity contribution is 0.0674. The Bertz CT molecular complexity index is 996. The van der Waals surface area contributed by atoms with Crippen molar-refractivity contribution in [1.82, 2.24) is 4.90 Å². The zero-order valence-electron chi connectivity index (χ0n) is 17.7. The van der Waals surface area contributed by atoms with Crippen LogP contribution in [0.15, 0.2) is 78.9 Å². The van der Waals surface area contributed by atoms with E-state index in [4.69, 9.17) is 4.74 Å². The summed E-state index contributed by atoms with van der Waals surface area (Å²) in [6.07, 6.45) is 0.675. The van der Waals surface area contributed by atoms with Crippen LogP contribution in [-0.2, 0) is 13.0 Å². The first-order chi connectivity index (χ1) is 14.5. The first-order valence-electron chi connectivity index (χ1n) is 10.1. The zero-order valence-corrected chi connectivity index (χ0v) is 17.7. The van der Waals surface area contributed by atoms with E-state index >= 15 is 0 Å². The number of hydrogen-bond donors (Lipinski definition) is 0. The molecule has 4 nitrogen and oxygen atoms in total. The number of ether oxygens (including phenoxy) is 1. The van der Waals surface area contributed by atoms with Gasteiger partial charge in [0.15, 0.2) is 5.78 Å². The number of carbonyl (C=O) groups excluding carboxylic acids is 2. The number of para-hydroxylation sites is 1. The lowest BCUT2D eigenvalue weighted by atomic mass is 10.0. The van der Waals surface area contributed by atoms with Crippen molar-refractivity contribution in [3.63, 3.8) is 0 Å². The summed E-state index contributed by atoms with van der Waals surface area (Å²) in [5.41, 5.74) is 3.30. The number of nitrogens with zero attached hydrogens (tertiary/aromatic N) is 1. The maximum Gasteiger partial charge on any atom is 0.254 e. The number of ketones is 1. The smallest absolute Gasteiger partial charge is 0.254 e. The topological polar surface area (TPSA) is 46.6 Å². The summed E-state index contributed by atoms with van der Waals surface area (Å²) in [6.45, 7) is 4.08. The SMILES string of the molecule is COc1ccccc1CC(C)N(Cc1ccccc1)C(=O)c1ccc(C(C)=O)cc1. The monoisotopic (exact) mass is 401 g/mol. The minimum Gasteiger partial charge on any atom is -0.496 e. The van der Waals surface area contributed by atoms with Crippen molar-refractivity contribution >= 4 is 11.7 Å². The third kappa shape index (κ3) is 5.15. The molecule has 0 heterocycles. The Morgan fingerprint density at radius 1 is 0.867 bits per heavy atom. The molecule has 0 fully saturated rings. The van der Waals surface area contributed by atoms with E-state index in [9.17, 15) is 9.59 Å². The van der Waals surface area contributed by atoms with Crippen LogP contribution in [0.5, 0.6) is 5.75 Å². The Balaban J connectivity index is 1.89. The summed E-state index contributed by atoms with van der Waals surface area (Å²) >= 11 is 0. The zero-order chi connectivity index (χ0) is 21.5. The van der Waals surface area contributed by atoms with Gasteiger partial charge in [-0.05, 0) is 49.6 Å². The van der Waals surface area contributed by atoms with Crippen LogP contribution in [0.1, 0.15) is 45.7 Å². The predicted octanol–water partition coefficient (Wildman–Crippen LogP) is 5.17. The predicted molar refractivity (Wildman–Crippen MR) is 119 cm³/mol. The molecule has 0 aromatic heterocycles. The Labute approximate surface area is 178 Å². The molecule has 3 aromatic carbocycles. The van der Waals surface area contributed by atoms with Crippen LogP contribution < -0.4 is 4.74 Å². The highest BCUT2D eigenvalue weighted by Gasteiger charge is 2.23. The number of benzene rings is 3. The highest BCUT2D eigenvalue weighted by Crippen LogP contribution is 2.23. The molecule has 0 saturated carbocycles. The lowest BCUT2D eigenvalue weighted by Gasteiger charge is -2.30. The Morgan fingerprint density at radius 3 is 2.10 bits per heavy atom. The van der Waals surface area contributed by atoms with Crippen LogP contribution in [0.3, 0.4) is 0 Å². The average Bonchev–Trinajstić information content (AvgIpc) is 2.78. The van der Waals surface area contributed by atoms with Gasteiger partial charge < -0.3 is 9.64 Å². The Hall–Kier alpha value is -3.40. The standard InChI is InChI=1S/C26H27NO3/c1-19(17-24-11-7-8-12-25(24)30-3)27(18-21-9-5-4-6-10-21)26(29)23-15-13-22(14-16-23)20(2)28/h4-16,19H,17-18H2,1-3H3. The summed E-state index contributed by atoms with van der Waals surface area (Å²) in [5, 5.41) is 0. The maximum absolute atomic E-state index is 13.4. The van der Waals surface area contributed by atoms with Crippen molar-refractivity contribution in [2.45, 2.75) is 32.9 Å². The number of amides is 1. The van der Waals surface area contributed by atoms with E-state index in [1.54, 1.807) is 31.4 Å². The fourth-order valence-corrected chi connectivity index (χ4v) is 3.52. The minimum absolute atomic E-state index is 0.0142. The van der Waals surface area contributed by atoms with Gasteiger partial charge in [-0.3, -0.25) is 9.59 Å². The summed E-state index contributed by atoms with van der Waals surface area (Å²) in [4.78, 5) is 26.9. The van der Waals surface area contributed by atoms with Gasteiger partial charge in [-0.2, -0.15) is 0 Å². The van der Waals surface area contributed by atoms with Crippen LogP contribution >= 0.6 is 0 Å². The van der Waals surface area contributed by atoms with Crippen LogP contribution in [0.2, 0.25) is 0 Å². The van der Waals surface area contributed by atoms with Gasteiger partial charge in [-0.1, -0.05) is 60.7 Å². The Kier molecular flexibility index (Phi) is 7.02. The molecule has 30 heavy (non-hydrogen) atoms. The van der Waals surface area contributed by atoms with Crippen molar-refractivity contribution in [3.05, 3.63) is 101 Å². The van der Waals surface area contributed by atoms with Gasteiger partial charge in [0, 0.05) is 23.7 Å². The fraction of sp³-hybridized carbons (Fsp3) is 0.231. The third-order valence-electron chi connectivity index (χ3n) is 5.23. The van der Waals surface area contributed by atoms with Gasteiger partial charge in [0.25, 0.3) is 5.91 Å². The average molecular weight is 402 g/mol. The molecular weight excluding hydrogens is 374 g/mol. The fourth-order valence-electron chi connectivity index (χ4n) is 3.52. The summed E-state index contributed by atoms with van der Waals surface area (Å²) in [5.74, 6) is 0.748. The van der Waals surface area contributed by atoms with E-state index in [1.807, 2.05) is 59.5 Å². The first-order valence-corrected chi connectivity index (χ1v) is 10.1. The molecule has 154 valence electrons. The number of methoxy groups -OCH3 is 1. The third-order valence-corrected chi connectivity index (χ3v) is 5.23. The van der Waals surface area contributed by atoms with Crippen LogP contribution in [0.25, 0.3) is 0 Å². The van der Waals surface area contributed by atoms with Crippen molar-refractivity contribution in [2.24, 2.45) is 0 Å². The molecule has 1 unspecified atom stereocenters. The molecule has 3 rings (SSSR count). The molecule has 0 spiro atoms. The van der Waals surface area contributed by atoms with E-state index in [0.29, 0.717) is 24.1 Å². The molecule has 0 aliphatic carbocycles. The first kappa shape index (κ1) is 21.3. The van der Waals surface area contributed by atoms with Gasteiger partial charge in [0.05, 0.1) is 7.11 Å². The molecule has 0 bridgehead atoms. The molecule has 0 radical (unpaired) electrons. The second kappa shape index (κ2) is 9.88. The van der Waals surface area contributed by atoms with Crippen molar-refractivity contribution in [2.75, 3.05) is 7.11 Å². The molecule has 1 amide bonds. The molecule has 1 atom stereocenters. The van der Waals surface area contributed by atoms with Crippen molar-refractivity contribution in [1.29, 1.82) is 0 Å². The molecule has 0 N–H and O–H groups in total. The molecule has 4 heteroatoms. The van der Waals surface area contributed by atoms with Gasteiger partial charge in [-0.25, -0.2) is 0 Å². The van der Waals surface area contributed by atoms with Crippen LogP contribution in [0, 0.1) is 0 Å². The number of carbonyl (C=O) groups is 2. The van der Waals surface area contributed by atoms with Gasteiger partial charge in [0.1, 0.15) is 5.75 Å². The van der Waals surface area contributed by atoms with E-state index in [2.05, 4.69) is 6.92 Å². The largest absolute Gasteiger partial charge is 0.496 e. The molecule has 3 aromatic rings. The van der Waals surface area contributed by atoms with Gasteiger partial charge >= 0.3 is 0 Å². The summed E-state index contributed by atoms with van der Waals surface area (Å²) < 4.78 is 5.49. The number of hydrogen-bond acceptors (Lipinski definition) is 3. The second-order valence-corrected chi connectivity index (χ2v) is 7.42. The molecular formula is C26H27NO3. The Morgan fingerprint density at radius 2 is 1.47 bits per heavy atom. The van der Waals surface area contributed by atoms with E-state index < -0.39 is 0 Å². The molecule has 0 aliphatic rings. The minimum atomic E-state index is -0.0589. The number of Topliss-reactive ketones (excluding diaryl/α,β-unsaturated/α-hetero) is 1. The molecule has 0 aliphatic heterocycles. The number of rotatable bonds is 8. The van der Waals surface area contributed by atoms with Crippen molar-refractivity contribution < 1.29 is 14.3 Å². The lowest BCUT2D eigenvalue weighted by Crippen LogP contribution is -2.39. The van der Waals surface area contributed by atoms with Crippen LogP contribution in [-0.4, -0.2) is 29.7 Å². The second-order valence-electron chi connectivity index (χ2n) is 7.42. The summed E-state index contributed by atoms with van der Waals surface area (Å²) in [7, 11) is 1.66. The van der Waals surface area contributed by atoms with Crippen LogP contribution in [0.4, 0.5) is 0 Å². The normalized spacial score (nSPS) is 11.6. The van der Waals surface area contributed by atoms with E-state index in [-0.39, 0.29) is 17.7 Å². The maximum atomic E-state index is 13.4. The quantitative estimate of drug-likeness (QED) is 0.489. The highest BCUT2D eigenvalue weighted by molar-refractivity contribution is 5.97. The summed E-state index contributed by atoms with van der Waals surface area (Å²) in [6, 6.07) is 24.7. The van der Waals surface area contributed by atoms with Gasteiger partial charge in [0.2, 0.25) is 0 Å².